The standard InChI is InChI=1S/C16H25NO7/c1-5-23-16(24-6-2)15-11(7-12(10-18)17(19)20)8-13(21-3)9-14(15)22-4/h8-9,12,16,18H,5-7,10H2,1-4H3. The van der Waals surface area contributed by atoms with Crippen LogP contribution in [0.4, 0.5) is 0 Å². The number of nitrogens with zero attached hydrogens (tertiary/aromatic N) is 1. The Labute approximate surface area is 141 Å². The van der Waals surface area contributed by atoms with Crippen molar-refractivity contribution in [3.8, 4) is 11.5 Å². The molecule has 0 saturated heterocycles. The molecule has 1 N–H and O–H groups in total. The number of aliphatic hydroxyl groups excluding tert-OH is 1. The molecular weight excluding hydrogens is 318 g/mol. The number of aliphatic hydroxyl groups is 1. The number of ether oxygens (including phenoxy) is 4. The zero-order valence-electron chi connectivity index (χ0n) is 14.5. The molecule has 0 fully saturated rings. The number of nitro groups is 1. The molecule has 0 aliphatic heterocycles. The van der Waals surface area contributed by atoms with Crippen molar-refractivity contribution in [3.63, 3.8) is 0 Å². The van der Waals surface area contributed by atoms with Crippen LogP contribution in [0.3, 0.4) is 0 Å². The van der Waals surface area contributed by atoms with Crippen LogP contribution in [0.2, 0.25) is 0 Å². The fourth-order valence-corrected chi connectivity index (χ4v) is 2.36. The van der Waals surface area contributed by atoms with E-state index in [0.29, 0.717) is 35.8 Å². The zero-order valence-corrected chi connectivity index (χ0v) is 14.5. The summed E-state index contributed by atoms with van der Waals surface area (Å²) in [4.78, 5) is 10.6. The fourth-order valence-electron chi connectivity index (χ4n) is 2.36. The van der Waals surface area contributed by atoms with Crippen LogP contribution < -0.4 is 9.47 Å². The van der Waals surface area contributed by atoms with Crippen molar-refractivity contribution >= 4 is 0 Å². The lowest BCUT2D eigenvalue weighted by atomic mass is 9.98. The van der Waals surface area contributed by atoms with Crippen LogP contribution in [-0.4, -0.2) is 50.1 Å². The van der Waals surface area contributed by atoms with Crippen molar-refractivity contribution in [3.05, 3.63) is 33.4 Å². The molecule has 24 heavy (non-hydrogen) atoms. The molecule has 1 atom stereocenters. The number of hydrogen-bond donors (Lipinski definition) is 1. The maximum atomic E-state index is 11.1. The minimum absolute atomic E-state index is 0.00302. The lowest BCUT2D eigenvalue weighted by Crippen LogP contribution is -2.27. The minimum atomic E-state index is -1.13. The molecule has 0 bridgehead atoms. The van der Waals surface area contributed by atoms with Gasteiger partial charge in [0.25, 0.3) is 0 Å². The molecule has 136 valence electrons. The van der Waals surface area contributed by atoms with Gasteiger partial charge in [-0.2, -0.15) is 0 Å². The average molecular weight is 343 g/mol. The van der Waals surface area contributed by atoms with E-state index in [0.717, 1.165) is 0 Å². The molecule has 0 saturated carbocycles. The van der Waals surface area contributed by atoms with E-state index >= 15 is 0 Å². The highest BCUT2D eigenvalue weighted by molar-refractivity contribution is 5.48. The van der Waals surface area contributed by atoms with Gasteiger partial charge in [0.2, 0.25) is 6.04 Å². The predicted molar refractivity (Wildman–Crippen MR) is 87.1 cm³/mol. The first-order valence-corrected chi connectivity index (χ1v) is 7.74. The monoisotopic (exact) mass is 343 g/mol. The smallest absolute Gasteiger partial charge is 0.239 e. The molecule has 1 rings (SSSR count). The van der Waals surface area contributed by atoms with Crippen LogP contribution in [0.1, 0.15) is 31.3 Å². The second-order valence-corrected chi connectivity index (χ2v) is 4.97. The van der Waals surface area contributed by atoms with Gasteiger partial charge in [0.15, 0.2) is 6.29 Å². The van der Waals surface area contributed by atoms with Crippen LogP contribution >= 0.6 is 0 Å². The Hall–Kier alpha value is -1.90. The SMILES string of the molecule is CCOC(OCC)c1c(CC(CO)[N+](=O)[O-])cc(OC)cc1OC. The second-order valence-electron chi connectivity index (χ2n) is 4.97. The zero-order chi connectivity index (χ0) is 18.1. The highest BCUT2D eigenvalue weighted by atomic mass is 16.7. The molecule has 8 heteroatoms. The molecule has 8 nitrogen and oxygen atoms in total. The van der Waals surface area contributed by atoms with Gasteiger partial charge in [-0.1, -0.05) is 0 Å². The Balaban J connectivity index is 3.41. The number of rotatable bonds is 11. The van der Waals surface area contributed by atoms with Crippen molar-refractivity contribution in [1.82, 2.24) is 0 Å². The number of benzene rings is 1. The summed E-state index contributed by atoms with van der Waals surface area (Å²) in [7, 11) is 2.99. The quantitative estimate of drug-likeness (QED) is 0.372. The first-order valence-electron chi connectivity index (χ1n) is 7.74. The summed E-state index contributed by atoms with van der Waals surface area (Å²) in [6.07, 6.45) is -0.717. The van der Waals surface area contributed by atoms with Gasteiger partial charge in [-0.3, -0.25) is 10.1 Å². The Morgan fingerprint density at radius 3 is 2.21 bits per heavy atom. The molecule has 0 radical (unpaired) electrons. The molecule has 1 aromatic carbocycles. The summed E-state index contributed by atoms with van der Waals surface area (Å²) in [6.45, 7) is 3.89. The summed E-state index contributed by atoms with van der Waals surface area (Å²) in [5.74, 6) is 0.952. The van der Waals surface area contributed by atoms with E-state index in [1.807, 2.05) is 13.8 Å². The van der Waals surface area contributed by atoms with Crippen LogP contribution in [-0.2, 0) is 15.9 Å². The largest absolute Gasteiger partial charge is 0.497 e. The average Bonchev–Trinajstić information content (AvgIpc) is 2.58. The normalized spacial score (nSPS) is 12.2. The molecule has 1 unspecified atom stereocenters. The lowest BCUT2D eigenvalue weighted by molar-refractivity contribution is -0.525. The van der Waals surface area contributed by atoms with E-state index in [4.69, 9.17) is 18.9 Å². The Morgan fingerprint density at radius 2 is 1.79 bits per heavy atom. The highest BCUT2D eigenvalue weighted by Gasteiger charge is 2.27. The van der Waals surface area contributed by atoms with E-state index in [9.17, 15) is 15.2 Å². The van der Waals surface area contributed by atoms with Crippen molar-refractivity contribution in [1.29, 1.82) is 0 Å². The third kappa shape index (κ3) is 5.05. The van der Waals surface area contributed by atoms with Gasteiger partial charge in [-0.15, -0.1) is 0 Å². The third-order valence-corrected chi connectivity index (χ3v) is 3.49. The first kappa shape index (κ1) is 20.1. The van der Waals surface area contributed by atoms with Crippen molar-refractivity contribution < 1.29 is 29.0 Å². The predicted octanol–water partition coefficient (Wildman–Crippen LogP) is 1.96. The van der Waals surface area contributed by atoms with Gasteiger partial charge in [0.05, 0.1) is 19.8 Å². The second kappa shape index (κ2) is 10.1. The van der Waals surface area contributed by atoms with Gasteiger partial charge in [-0.25, -0.2) is 0 Å². The van der Waals surface area contributed by atoms with Crippen molar-refractivity contribution in [2.75, 3.05) is 34.0 Å². The van der Waals surface area contributed by atoms with E-state index in [1.54, 1.807) is 12.1 Å². The van der Waals surface area contributed by atoms with Crippen LogP contribution in [0, 0.1) is 10.1 Å². The summed E-state index contributed by atoms with van der Waals surface area (Å²) in [6, 6.07) is 2.21. The summed E-state index contributed by atoms with van der Waals surface area (Å²) < 4.78 is 21.9. The Bertz CT molecular complexity index is 529. The van der Waals surface area contributed by atoms with Crippen molar-refractivity contribution in [2.45, 2.75) is 32.6 Å². The topological polar surface area (TPSA) is 100 Å². The Kier molecular flexibility index (Phi) is 8.45. The van der Waals surface area contributed by atoms with Crippen molar-refractivity contribution in [2.24, 2.45) is 0 Å². The fraction of sp³-hybridized carbons (Fsp3) is 0.625. The van der Waals surface area contributed by atoms with Crippen LogP contribution in [0.15, 0.2) is 12.1 Å². The number of hydrogen-bond acceptors (Lipinski definition) is 7. The lowest BCUT2D eigenvalue weighted by Gasteiger charge is -2.24. The molecule has 0 spiro atoms. The van der Waals surface area contributed by atoms with E-state index in [2.05, 4.69) is 0 Å². The van der Waals surface area contributed by atoms with Crippen LogP contribution in [0.25, 0.3) is 0 Å². The molecule has 0 amide bonds. The molecule has 0 aliphatic rings. The van der Waals surface area contributed by atoms with Gasteiger partial charge >= 0.3 is 0 Å². The molecule has 1 aromatic rings. The summed E-state index contributed by atoms with van der Waals surface area (Å²) in [5, 5.41) is 20.4. The molecule has 0 heterocycles. The van der Waals surface area contributed by atoms with E-state index in [1.165, 1.54) is 14.2 Å². The molecule has 0 aliphatic carbocycles. The first-order chi connectivity index (χ1) is 11.5. The Morgan fingerprint density at radius 1 is 1.17 bits per heavy atom. The van der Waals surface area contributed by atoms with E-state index < -0.39 is 23.9 Å². The highest BCUT2D eigenvalue weighted by Crippen LogP contribution is 2.36. The third-order valence-electron chi connectivity index (χ3n) is 3.49. The maximum absolute atomic E-state index is 11.1. The van der Waals surface area contributed by atoms with Gasteiger partial charge in [0, 0.05) is 30.6 Å². The summed E-state index contributed by atoms with van der Waals surface area (Å²) >= 11 is 0. The van der Waals surface area contributed by atoms with Crippen LogP contribution in [0.5, 0.6) is 11.5 Å². The van der Waals surface area contributed by atoms with E-state index in [-0.39, 0.29) is 6.42 Å². The maximum Gasteiger partial charge on any atom is 0.239 e. The minimum Gasteiger partial charge on any atom is -0.497 e. The molecular formula is C16H25NO7. The number of methoxy groups -OCH3 is 2. The van der Waals surface area contributed by atoms with Gasteiger partial charge < -0.3 is 24.1 Å². The van der Waals surface area contributed by atoms with Gasteiger partial charge in [-0.05, 0) is 25.5 Å². The van der Waals surface area contributed by atoms with Gasteiger partial charge in [0.1, 0.15) is 18.1 Å². The summed E-state index contributed by atoms with van der Waals surface area (Å²) in [5.41, 5.74) is 1.15. The molecule has 0 aromatic heterocycles.